The molecule has 120 valence electrons. The third kappa shape index (κ3) is 2.72. The van der Waals surface area contributed by atoms with Crippen molar-refractivity contribution in [3.63, 3.8) is 0 Å². The molecule has 2 heterocycles. The highest BCUT2D eigenvalue weighted by Gasteiger charge is 2.32. The van der Waals surface area contributed by atoms with Gasteiger partial charge in [0.1, 0.15) is 11.6 Å². The third-order valence-corrected chi connectivity index (χ3v) is 4.71. The van der Waals surface area contributed by atoms with E-state index >= 15 is 0 Å². The average Bonchev–Trinajstić information content (AvgIpc) is 2.57. The van der Waals surface area contributed by atoms with Crippen LogP contribution in [0.15, 0.2) is 34.2 Å². The predicted octanol–water partition coefficient (Wildman–Crippen LogP) is 1.98. The van der Waals surface area contributed by atoms with Gasteiger partial charge in [0.15, 0.2) is 5.16 Å². The Morgan fingerprint density at radius 3 is 2.87 bits per heavy atom. The van der Waals surface area contributed by atoms with Gasteiger partial charge in [-0.05, 0) is 24.0 Å². The lowest BCUT2D eigenvalue weighted by Gasteiger charge is -2.27. The Kier molecular flexibility index (Phi) is 4.12. The van der Waals surface area contributed by atoms with Crippen molar-refractivity contribution in [2.75, 3.05) is 18.7 Å². The maximum Gasteiger partial charge on any atom is 0.279 e. The molecule has 0 radical (unpaired) electrons. The summed E-state index contributed by atoms with van der Waals surface area (Å²) in [4.78, 5) is 28.8. The van der Waals surface area contributed by atoms with E-state index in [9.17, 15) is 9.59 Å². The van der Waals surface area contributed by atoms with Crippen LogP contribution in [0, 0.1) is 0 Å². The van der Waals surface area contributed by atoms with Gasteiger partial charge in [-0.15, -0.1) is 0 Å². The molecule has 0 aliphatic carbocycles. The number of hydrogen-bond acceptors (Lipinski definition) is 5. The molecule has 0 saturated carbocycles. The minimum atomic E-state index is -0.323. The van der Waals surface area contributed by atoms with Crippen LogP contribution in [-0.2, 0) is 11.8 Å². The first-order valence-electron chi connectivity index (χ1n) is 7.14. The Morgan fingerprint density at radius 2 is 2.17 bits per heavy atom. The number of carbonyl (C=O) groups is 1. The molecule has 7 heteroatoms. The van der Waals surface area contributed by atoms with Crippen molar-refractivity contribution < 1.29 is 9.53 Å². The van der Waals surface area contributed by atoms with Crippen molar-refractivity contribution in [1.82, 2.24) is 9.55 Å². The van der Waals surface area contributed by atoms with Crippen LogP contribution in [0.3, 0.4) is 0 Å². The van der Waals surface area contributed by atoms with Crippen molar-refractivity contribution in [2.24, 2.45) is 7.05 Å². The lowest BCUT2D eigenvalue weighted by Crippen LogP contribution is -2.33. The van der Waals surface area contributed by atoms with Gasteiger partial charge in [-0.1, -0.05) is 23.9 Å². The molecule has 1 atom stereocenters. The van der Waals surface area contributed by atoms with Crippen LogP contribution in [0.25, 0.3) is 0 Å². The number of carbonyl (C=O) groups excluding carboxylic acids is 1. The molecule has 0 spiro atoms. The Labute approximate surface area is 137 Å². The number of rotatable bonds is 3. The summed E-state index contributed by atoms with van der Waals surface area (Å²) in [6.45, 7) is 0. The standard InChI is InChI=1S/C16H17N3O3S/c1-19-14-13(15(21)18-16(19)23-3)11(8-12(20)17-14)9-5-4-6-10(7-9)22-2/h4-7,11H,8H2,1-3H3,(H,17,20). The number of thioether (sulfide) groups is 1. The van der Waals surface area contributed by atoms with E-state index in [1.165, 1.54) is 11.8 Å². The number of methoxy groups -OCH3 is 1. The van der Waals surface area contributed by atoms with Crippen LogP contribution in [0.2, 0.25) is 0 Å². The normalized spacial score (nSPS) is 16.7. The highest BCUT2D eigenvalue weighted by atomic mass is 32.2. The van der Waals surface area contributed by atoms with E-state index in [4.69, 9.17) is 4.74 Å². The second-order valence-corrected chi connectivity index (χ2v) is 6.08. The molecule has 1 aliphatic rings. The summed E-state index contributed by atoms with van der Waals surface area (Å²) >= 11 is 1.37. The molecule has 1 N–H and O–H groups in total. The minimum Gasteiger partial charge on any atom is -0.497 e. The summed E-state index contributed by atoms with van der Waals surface area (Å²) in [5, 5.41) is 3.38. The second-order valence-electron chi connectivity index (χ2n) is 5.31. The number of hydrogen-bond donors (Lipinski definition) is 1. The summed E-state index contributed by atoms with van der Waals surface area (Å²) in [7, 11) is 3.39. The van der Waals surface area contributed by atoms with E-state index in [0.29, 0.717) is 22.3 Å². The number of anilines is 1. The predicted molar refractivity (Wildman–Crippen MR) is 89.3 cm³/mol. The number of fused-ring (bicyclic) bond motifs is 1. The van der Waals surface area contributed by atoms with Gasteiger partial charge in [-0.25, -0.2) is 0 Å². The van der Waals surface area contributed by atoms with Gasteiger partial charge in [-0.3, -0.25) is 9.59 Å². The molecule has 0 fully saturated rings. The van der Waals surface area contributed by atoms with E-state index < -0.39 is 0 Å². The molecule has 1 unspecified atom stereocenters. The zero-order valence-electron chi connectivity index (χ0n) is 13.1. The smallest absolute Gasteiger partial charge is 0.279 e. The summed E-state index contributed by atoms with van der Waals surface area (Å²) < 4.78 is 7.00. The molecule has 1 aromatic carbocycles. The minimum absolute atomic E-state index is 0.112. The van der Waals surface area contributed by atoms with Crippen LogP contribution >= 0.6 is 11.8 Å². The Hall–Kier alpha value is -2.28. The summed E-state index contributed by atoms with van der Waals surface area (Å²) in [6, 6.07) is 7.45. The van der Waals surface area contributed by atoms with Crippen molar-refractivity contribution >= 4 is 23.5 Å². The Morgan fingerprint density at radius 1 is 1.39 bits per heavy atom. The van der Waals surface area contributed by atoms with E-state index in [2.05, 4.69) is 10.3 Å². The van der Waals surface area contributed by atoms with Crippen LogP contribution in [0.4, 0.5) is 5.82 Å². The average molecular weight is 331 g/mol. The van der Waals surface area contributed by atoms with Crippen molar-refractivity contribution in [3.8, 4) is 5.75 Å². The van der Waals surface area contributed by atoms with Crippen molar-refractivity contribution in [1.29, 1.82) is 0 Å². The summed E-state index contributed by atoms with van der Waals surface area (Å²) in [6.07, 6.45) is 2.06. The molecule has 1 amide bonds. The lowest BCUT2D eigenvalue weighted by molar-refractivity contribution is -0.116. The van der Waals surface area contributed by atoms with Gasteiger partial charge >= 0.3 is 0 Å². The first kappa shape index (κ1) is 15.6. The Bertz CT molecular complexity index is 832. The van der Waals surface area contributed by atoms with Crippen LogP contribution in [-0.4, -0.2) is 28.8 Å². The quantitative estimate of drug-likeness (QED) is 0.688. The number of nitrogens with one attached hydrogen (secondary N) is 1. The maximum absolute atomic E-state index is 12.5. The van der Waals surface area contributed by atoms with Gasteiger partial charge in [0.05, 0.1) is 12.7 Å². The number of aromatic nitrogens is 2. The van der Waals surface area contributed by atoms with Crippen LogP contribution in [0.1, 0.15) is 23.5 Å². The summed E-state index contributed by atoms with van der Waals surface area (Å²) in [5.74, 6) is 0.786. The molecule has 0 saturated heterocycles. The SMILES string of the molecule is COc1cccc(C2CC(=O)Nc3c2c(=O)nc(SC)n3C)c1. The molecule has 1 aliphatic heterocycles. The molecular weight excluding hydrogens is 314 g/mol. The van der Waals surface area contributed by atoms with Gasteiger partial charge in [0, 0.05) is 19.4 Å². The van der Waals surface area contributed by atoms with Gasteiger partial charge in [0.25, 0.3) is 5.56 Å². The van der Waals surface area contributed by atoms with E-state index in [-0.39, 0.29) is 23.8 Å². The lowest BCUT2D eigenvalue weighted by atomic mass is 9.86. The first-order valence-corrected chi connectivity index (χ1v) is 8.36. The van der Waals surface area contributed by atoms with Crippen LogP contribution in [0.5, 0.6) is 5.75 Å². The fourth-order valence-corrected chi connectivity index (χ4v) is 3.40. The van der Waals surface area contributed by atoms with E-state index in [1.54, 1.807) is 18.7 Å². The molecule has 23 heavy (non-hydrogen) atoms. The highest BCUT2D eigenvalue weighted by molar-refractivity contribution is 7.98. The first-order chi connectivity index (χ1) is 11.0. The fraction of sp³-hybridized carbons (Fsp3) is 0.312. The van der Waals surface area contributed by atoms with E-state index in [0.717, 1.165) is 5.56 Å². The molecule has 1 aromatic heterocycles. The maximum atomic E-state index is 12.5. The molecule has 2 aromatic rings. The second kappa shape index (κ2) is 6.08. The zero-order valence-corrected chi connectivity index (χ0v) is 13.9. The zero-order chi connectivity index (χ0) is 16.6. The van der Waals surface area contributed by atoms with Crippen molar-refractivity contribution in [3.05, 3.63) is 45.7 Å². The van der Waals surface area contributed by atoms with Gasteiger partial charge in [-0.2, -0.15) is 4.98 Å². The molecule has 0 bridgehead atoms. The highest BCUT2D eigenvalue weighted by Crippen LogP contribution is 2.36. The van der Waals surface area contributed by atoms with E-state index in [1.807, 2.05) is 30.5 Å². The molecule has 6 nitrogen and oxygen atoms in total. The third-order valence-electron chi connectivity index (χ3n) is 3.98. The fourth-order valence-electron chi connectivity index (χ4n) is 2.86. The monoisotopic (exact) mass is 331 g/mol. The number of ether oxygens (including phenoxy) is 1. The number of amides is 1. The van der Waals surface area contributed by atoms with Gasteiger partial charge in [0.2, 0.25) is 5.91 Å². The topological polar surface area (TPSA) is 73.2 Å². The largest absolute Gasteiger partial charge is 0.497 e. The Balaban J connectivity index is 2.21. The van der Waals surface area contributed by atoms with Crippen molar-refractivity contribution in [2.45, 2.75) is 17.5 Å². The summed E-state index contributed by atoms with van der Waals surface area (Å²) in [5.41, 5.74) is 1.10. The molecule has 3 rings (SSSR count). The van der Waals surface area contributed by atoms with Crippen LogP contribution < -0.4 is 15.6 Å². The van der Waals surface area contributed by atoms with Gasteiger partial charge < -0.3 is 14.6 Å². The molecular formula is C16H17N3O3S. The number of benzene rings is 1. The number of nitrogens with zero attached hydrogens (tertiary/aromatic N) is 2.